The summed E-state index contributed by atoms with van der Waals surface area (Å²) < 4.78 is 33.4. The highest BCUT2D eigenvalue weighted by Crippen LogP contribution is 2.23. The molecule has 1 fully saturated rings. The molecule has 0 bridgehead atoms. The number of esters is 1. The van der Waals surface area contributed by atoms with Crippen LogP contribution < -0.4 is 11.2 Å². The smallest absolute Gasteiger partial charge is 0.330 e. The predicted molar refractivity (Wildman–Crippen MR) is 85.0 cm³/mol. The molecular formula is C14H21N3O6S. The molecule has 2 rings (SSSR count). The van der Waals surface area contributed by atoms with Crippen LogP contribution in [0.5, 0.6) is 0 Å². The Bertz CT molecular complexity index is 854. The van der Waals surface area contributed by atoms with E-state index in [9.17, 15) is 22.8 Å². The first-order chi connectivity index (χ1) is 11.2. The van der Waals surface area contributed by atoms with Gasteiger partial charge in [0.1, 0.15) is 0 Å². The maximum atomic E-state index is 12.8. The third kappa shape index (κ3) is 3.29. The number of rotatable bonds is 4. The van der Waals surface area contributed by atoms with Crippen molar-refractivity contribution in [1.29, 1.82) is 0 Å². The summed E-state index contributed by atoms with van der Waals surface area (Å²) >= 11 is 0. The summed E-state index contributed by atoms with van der Waals surface area (Å²) in [6, 6.07) is 0. The maximum absolute atomic E-state index is 12.8. The SMILES string of the molecule is CCOC(=O)[C@H]1CCCN(S(=O)(=O)c2cn(C)c(=O)n(C)c2=O)C1. The number of piperidine rings is 1. The molecule has 0 N–H and O–H groups in total. The largest absolute Gasteiger partial charge is 0.466 e. The van der Waals surface area contributed by atoms with E-state index in [1.807, 2.05) is 0 Å². The molecule has 0 saturated carbocycles. The number of hydrogen-bond acceptors (Lipinski definition) is 6. The summed E-state index contributed by atoms with van der Waals surface area (Å²) in [5, 5.41) is 0. The summed E-state index contributed by atoms with van der Waals surface area (Å²) in [4.78, 5) is 35.3. The number of carbonyl (C=O) groups is 1. The molecule has 0 spiro atoms. The lowest BCUT2D eigenvalue weighted by atomic mass is 10.0. The minimum absolute atomic E-state index is 0.0346. The molecule has 1 atom stereocenters. The molecule has 24 heavy (non-hydrogen) atoms. The zero-order valence-corrected chi connectivity index (χ0v) is 14.7. The van der Waals surface area contributed by atoms with Gasteiger partial charge in [-0.3, -0.25) is 14.2 Å². The highest BCUT2D eigenvalue weighted by Gasteiger charge is 2.35. The van der Waals surface area contributed by atoms with Crippen LogP contribution in [0.4, 0.5) is 0 Å². The Balaban J connectivity index is 2.39. The van der Waals surface area contributed by atoms with Crippen molar-refractivity contribution in [3.8, 4) is 0 Å². The van der Waals surface area contributed by atoms with Crippen LogP contribution in [-0.4, -0.2) is 47.5 Å². The minimum atomic E-state index is -4.10. The van der Waals surface area contributed by atoms with Gasteiger partial charge in [0, 0.05) is 33.4 Å². The number of carbonyl (C=O) groups excluding carboxylic acids is 1. The first-order valence-electron chi connectivity index (χ1n) is 7.63. The first kappa shape index (κ1) is 18.4. The molecule has 1 saturated heterocycles. The van der Waals surface area contributed by atoms with Crippen LogP contribution in [0.25, 0.3) is 0 Å². The summed E-state index contributed by atoms with van der Waals surface area (Å²) in [6.45, 7) is 2.09. The molecule has 0 aliphatic carbocycles. The number of aryl methyl sites for hydroxylation is 1. The fraction of sp³-hybridized carbons (Fsp3) is 0.643. The van der Waals surface area contributed by atoms with Gasteiger partial charge in [-0.15, -0.1) is 0 Å². The van der Waals surface area contributed by atoms with E-state index in [-0.39, 0.29) is 19.7 Å². The molecule has 0 amide bonds. The van der Waals surface area contributed by atoms with Gasteiger partial charge in [0.05, 0.1) is 12.5 Å². The van der Waals surface area contributed by atoms with Crippen molar-refractivity contribution in [2.75, 3.05) is 19.7 Å². The quantitative estimate of drug-likeness (QED) is 0.641. The zero-order chi connectivity index (χ0) is 18.1. The Kier molecular flexibility index (Phi) is 5.29. The molecule has 0 unspecified atom stereocenters. The van der Waals surface area contributed by atoms with Crippen molar-refractivity contribution < 1.29 is 17.9 Å². The van der Waals surface area contributed by atoms with Crippen LogP contribution in [0, 0.1) is 5.92 Å². The van der Waals surface area contributed by atoms with Crippen LogP contribution in [0.3, 0.4) is 0 Å². The molecule has 10 heteroatoms. The molecule has 0 aromatic carbocycles. The van der Waals surface area contributed by atoms with E-state index in [1.54, 1.807) is 6.92 Å². The van der Waals surface area contributed by atoms with Crippen LogP contribution >= 0.6 is 0 Å². The molecule has 1 aliphatic heterocycles. The van der Waals surface area contributed by atoms with Gasteiger partial charge >= 0.3 is 11.7 Å². The van der Waals surface area contributed by atoms with E-state index < -0.39 is 38.1 Å². The van der Waals surface area contributed by atoms with Crippen LogP contribution in [0.1, 0.15) is 19.8 Å². The van der Waals surface area contributed by atoms with Crippen molar-refractivity contribution >= 4 is 16.0 Å². The van der Waals surface area contributed by atoms with E-state index >= 15 is 0 Å². The molecule has 1 aromatic rings. The molecule has 0 radical (unpaired) electrons. The topological polar surface area (TPSA) is 108 Å². The van der Waals surface area contributed by atoms with Gasteiger partial charge in [-0.2, -0.15) is 4.31 Å². The van der Waals surface area contributed by atoms with Gasteiger partial charge in [0.15, 0.2) is 4.90 Å². The van der Waals surface area contributed by atoms with E-state index in [2.05, 4.69) is 0 Å². The second kappa shape index (κ2) is 6.89. The number of nitrogens with zero attached hydrogens (tertiary/aromatic N) is 3. The zero-order valence-electron chi connectivity index (χ0n) is 13.9. The second-order valence-corrected chi connectivity index (χ2v) is 7.61. The molecule has 9 nitrogen and oxygen atoms in total. The number of aromatic nitrogens is 2. The second-order valence-electron chi connectivity index (χ2n) is 5.71. The Morgan fingerprint density at radius 2 is 2.00 bits per heavy atom. The van der Waals surface area contributed by atoms with Gasteiger partial charge < -0.3 is 9.30 Å². The first-order valence-corrected chi connectivity index (χ1v) is 9.07. The van der Waals surface area contributed by atoms with Gasteiger partial charge in [0.25, 0.3) is 5.56 Å². The normalized spacial score (nSPS) is 19.2. The molecular weight excluding hydrogens is 338 g/mol. The van der Waals surface area contributed by atoms with Crippen molar-refractivity contribution in [2.45, 2.75) is 24.7 Å². The fourth-order valence-corrected chi connectivity index (χ4v) is 4.38. The van der Waals surface area contributed by atoms with Gasteiger partial charge in [-0.1, -0.05) is 0 Å². The number of ether oxygens (including phenoxy) is 1. The Morgan fingerprint density at radius 3 is 2.62 bits per heavy atom. The molecule has 2 heterocycles. The Morgan fingerprint density at radius 1 is 1.33 bits per heavy atom. The lowest BCUT2D eigenvalue weighted by Crippen LogP contribution is -2.46. The van der Waals surface area contributed by atoms with Gasteiger partial charge in [0.2, 0.25) is 10.0 Å². The van der Waals surface area contributed by atoms with Crippen LogP contribution in [0.15, 0.2) is 20.7 Å². The monoisotopic (exact) mass is 359 g/mol. The van der Waals surface area contributed by atoms with E-state index in [0.29, 0.717) is 12.8 Å². The van der Waals surface area contributed by atoms with Gasteiger partial charge in [-0.25, -0.2) is 13.2 Å². The fourth-order valence-electron chi connectivity index (χ4n) is 2.70. The maximum Gasteiger partial charge on any atom is 0.330 e. The highest BCUT2D eigenvalue weighted by atomic mass is 32.2. The lowest BCUT2D eigenvalue weighted by molar-refractivity contribution is -0.149. The van der Waals surface area contributed by atoms with Crippen molar-refractivity contribution in [3.05, 3.63) is 27.0 Å². The third-order valence-electron chi connectivity index (χ3n) is 4.04. The Labute approximate surface area is 139 Å². The van der Waals surface area contributed by atoms with Crippen molar-refractivity contribution in [3.63, 3.8) is 0 Å². The summed E-state index contributed by atoms with van der Waals surface area (Å²) in [5.74, 6) is -0.990. The standard InChI is InChI=1S/C14H21N3O6S/c1-4-23-13(19)10-6-5-7-17(8-10)24(21,22)11-9-15(2)14(20)16(3)12(11)18/h9-10H,4-8H2,1-3H3/t10-/m0/s1. The van der Waals surface area contributed by atoms with Crippen LogP contribution in [-0.2, 0) is 33.7 Å². The van der Waals surface area contributed by atoms with Gasteiger partial charge in [-0.05, 0) is 19.8 Å². The van der Waals surface area contributed by atoms with E-state index in [0.717, 1.165) is 19.6 Å². The molecule has 1 aromatic heterocycles. The molecule has 134 valence electrons. The summed E-state index contributed by atoms with van der Waals surface area (Å²) in [7, 11) is -1.51. The Hall–Kier alpha value is -1.94. The third-order valence-corrected chi connectivity index (χ3v) is 5.88. The van der Waals surface area contributed by atoms with E-state index in [4.69, 9.17) is 4.74 Å². The predicted octanol–water partition coefficient (Wildman–Crippen LogP) is -0.952. The summed E-state index contributed by atoms with van der Waals surface area (Å²) in [5.41, 5.74) is -1.49. The van der Waals surface area contributed by atoms with Crippen molar-refractivity contribution in [2.24, 2.45) is 20.0 Å². The average Bonchev–Trinajstić information content (AvgIpc) is 2.56. The average molecular weight is 359 g/mol. The lowest BCUT2D eigenvalue weighted by Gasteiger charge is -2.30. The van der Waals surface area contributed by atoms with Crippen LogP contribution in [0.2, 0.25) is 0 Å². The molecule has 1 aliphatic rings. The highest BCUT2D eigenvalue weighted by molar-refractivity contribution is 7.89. The van der Waals surface area contributed by atoms with Crippen molar-refractivity contribution in [1.82, 2.24) is 13.4 Å². The summed E-state index contributed by atoms with van der Waals surface area (Å²) in [6.07, 6.45) is 2.05. The van der Waals surface area contributed by atoms with E-state index in [1.165, 1.54) is 14.1 Å². The number of sulfonamides is 1. The number of hydrogen-bond donors (Lipinski definition) is 0. The minimum Gasteiger partial charge on any atom is -0.466 e.